The fourth-order valence-corrected chi connectivity index (χ4v) is 4.29. The number of anilines is 1. The zero-order valence-electron chi connectivity index (χ0n) is 31.4. The van der Waals surface area contributed by atoms with E-state index in [1.165, 1.54) is 24.9 Å². The summed E-state index contributed by atoms with van der Waals surface area (Å²) in [6.45, 7) is 40.6. The van der Waals surface area contributed by atoms with Crippen molar-refractivity contribution in [1.29, 1.82) is 0 Å². The van der Waals surface area contributed by atoms with E-state index in [-0.39, 0.29) is 22.8 Å². The van der Waals surface area contributed by atoms with Gasteiger partial charge in [0.25, 0.3) is 0 Å². The summed E-state index contributed by atoms with van der Waals surface area (Å²) in [7, 11) is 1.47. The second-order valence-corrected chi connectivity index (χ2v) is 10.0. The highest BCUT2D eigenvalue weighted by atomic mass is 32.2. The number of ether oxygens (including phenoxy) is 1. The number of hydrogen-bond donors (Lipinski definition) is 3. The molecule has 0 atom stereocenters. The average molecular weight is 673 g/mol. The van der Waals surface area contributed by atoms with Crippen LogP contribution in [0.4, 0.5) is 14.5 Å². The molecule has 0 aliphatic rings. The van der Waals surface area contributed by atoms with Gasteiger partial charge >= 0.3 is 0 Å². The number of allylic oxidation sites excluding steroid dienone is 1. The number of methoxy groups -OCH3 is 1. The van der Waals surface area contributed by atoms with Crippen LogP contribution in [-0.4, -0.2) is 19.6 Å². The van der Waals surface area contributed by atoms with Crippen LogP contribution < -0.4 is 16.0 Å². The monoisotopic (exact) mass is 672 g/mol. The molecule has 0 aliphatic carbocycles. The van der Waals surface area contributed by atoms with Gasteiger partial charge in [0.15, 0.2) is 0 Å². The van der Waals surface area contributed by atoms with Crippen molar-refractivity contribution in [3.8, 4) is 0 Å². The van der Waals surface area contributed by atoms with Gasteiger partial charge in [-0.2, -0.15) is 0 Å². The first-order valence-corrected chi connectivity index (χ1v) is 17.4. The molecule has 0 bridgehead atoms. The summed E-state index contributed by atoms with van der Waals surface area (Å²) < 4.78 is 35.2. The third kappa shape index (κ3) is 17.6. The van der Waals surface area contributed by atoms with Crippen LogP contribution in [0.1, 0.15) is 106 Å². The zero-order valence-corrected chi connectivity index (χ0v) is 32.2. The fourth-order valence-electron chi connectivity index (χ4n) is 3.45. The van der Waals surface area contributed by atoms with Crippen LogP contribution in [0.5, 0.6) is 0 Å². The molecule has 8 heteroatoms. The third-order valence-corrected chi connectivity index (χ3v) is 6.65. The molecule has 2 aromatic rings. The van der Waals surface area contributed by atoms with Crippen molar-refractivity contribution < 1.29 is 13.5 Å². The smallest absolute Gasteiger partial charge is 0.227 e. The first-order chi connectivity index (χ1) is 22.5. The van der Waals surface area contributed by atoms with Gasteiger partial charge in [0.05, 0.1) is 34.2 Å². The number of hydrogen-bond acceptors (Lipinski definition) is 6. The Kier molecular flexibility index (Phi) is 28.8. The van der Waals surface area contributed by atoms with Crippen molar-refractivity contribution >= 4 is 34.7 Å². The Hall–Kier alpha value is -3.78. The highest BCUT2D eigenvalue weighted by molar-refractivity contribution is 8.07. The van der Waals surface area contributed by atoms with Crippen molar-refractivity contribution in [3.63, 3.8) is 0 Å². The standard InChI is InChI=1S/C31H38F2N4OS.4C2H6/c1-10-15-34-22(7)37-23(8)39-30(19(3)4)31(38-9)36-21(6)26-17-29(28(33)18-27(26)32)35-20(5)25-14-12-13-24(11-2)16-25;4*1-2/h12-14,16-18,34-35,37H,5-8,10-11,15H2,1-4,9H3;4*1-2H3. The minimum Gasteiger partial charge on any atom is -0.480 e. The van der Waals surface area contributed by atoms with Crippen LogP contribution >= 0.6 is 11.8 Å². The molecule has 0 spiro atoms. The van der Waals surface area contributed by atoms with E-state index in [1.807, 2.05) is 93.5 Å². The van der Waals surface area contributed by atoms with Crippen LogP contribution in [-0.2, 0) is 11.2 Å². The van der Waals surface area contributed by atoms with E-state index in [9.17, 15) is 8.78 Å². The molecule has 0 saturated heterocycles. The first-order valence-electron chi connectivity index (χ1n) is 16.6. The molecular weight excluding hydrogens is 611 g/mol. The van der Waals surface area contributed by atoms with Crippen molar-refractivity contribution in [3.05, 3.63) is 112 Å². The van der Waals surface area contributed by atoms with Crippen LogP contribution in [0, 0.1) is 11.6 Å². The summed E-state index contributed by atoms with van der Waals surface area (Å²) in [6.07, 6.45) is 1.81. The van der Waals surface area contributed by atoms with Crippen LogP contribution in [0.25, 0.3) is 11.4 Å². The Bertz CT molecular complexity index is 1310. The molecule has 0 radical (unpaired) electrons. The topological polar surface area (TPSA) is 57.7 Å². The van der Waals surface area contributed by atoms with Gasteiger partial charge in [0.2, 0.25) is 5.90 Å². The van der Waals surface area contributed by atoms with Gasteiger partial charge in [-0.3, -0.25) is 0 Å². The highest BCUT2D eigenvalue weighted by Gasteiger charge is 2.17. The van der Waals surface area contributed by atoms with Gasteiger partial charge in [0, 0.05) is 23.9 Å². The lowest BCUT2D eigenvalue weighted by Crippen LogP contribution is -2.24. The SMILES string of the molecule is C=C(NCCC)NC(=C)SC(C(=NC(=C)c1cc(NC(=C)c2cccc(CC)c2)c(F)cc1F)OC)=C(C)C.CC.CC.CC.CC. The normalized spacial score (nSPS) is 9.55. The molecule has 0 saturated carbocycles. The maximum absolute atomic E-state index is 14.9. The number of aryl methyl sites for hydroxylation is 1. The van der Waals surface area contributed by atoms with E-state index in [0.29, 0.717) is 21.5 Å². The summed E-state index contributed by atoms with van der Waals surface area (Å²) in [5, 5.41) is 9.82. The summed E-state index contributed by atoms with van der Waals surface area (Å²) in [6, 6.07) is 9.91. The number of aliphatic imine (C=N–C) groups is 1. The van der Waals surface area contributed by atoms with E-state index in [0.717, 1.165) is 42.2 Å². The number of halogens is 2. The lowest BCUT2D eigenvalue weighted by Gasteiger charge is -2.17. The Morgan fingerprint density at radius 2 is 1.47 bits per heavy atom. The molecule has 264 valence electrons. The molecule has 0 fully saturated rings. The Morgan fingerprint density at radius 1 is 0.872 bits per heavy atom. The minimum atomic E-state index is -0.795. The number of benzene rings is 2. The lowest BCUT2D eigenvalue weighted by molar-refractivity contribution is 0.406. The van der Waals surface area contributed by atoms with Crippen molar-refractivity contribution in [2.24, 2.45) is 4.99 Å². The quantitative estimate of drug-likeness (QED) is 0.138. The van der Waals surface area contributed by atoms with Gasteiger partial charge in [-0.15, -0.1) is 0 Å². The second kappa shape index (κ2) is 28.4. The van der Waals surface area contributed by atoms with Crippen LogP contribution in [0.3, 0.4) is 0 Å². The van der Waals surface area contributed by atoms with Crippen LogP contribution in [0.2, 0.25) is 0 Å². The number of nitrogens with zero attached hydrogens (tertiary/aromatic N) is 1. The fraction of sp³-hybridized carbons (Fsp3) is 0.410. The van der Waals surface area contributed by atoms with E-state index < -0.39 is 11.6 Å². The van der Waals surface area contributed by atoms with E-state index in [4.69, 9.17) is 4.74 Å². The lowest BCUT2D eigenvalue weighted by atomic mass is 10.1. The third-order valence-electron chi connectivity index (χ3n) is 5.52. The first kappa shape index (κ1) is 47.6. The number of nitrogens with one attached hydrogen (secondary N) is 3. The maximum atomic E-state index is 14.9. The molecule has 5 nitrogen and oxygen atoms in total. The largest absolute Gasteiger partial charge is 0.480 e. The molecule has 0 unspecified atom stereocenters. The summed E-state index contributed by atoms with van der Waals surface area (Å²) >= 11 is 1.30. The molecule has 2 aromatic carbocycles. The number of thioether (sulfide) groups is 1. The molecule has 0 aliphatic heterocycles. The predicted octanol–water partition coefficient (Wildman–Crippen LogP) is 12.3. The summed E-state index contributed by atoms with van der Waals surface area (Å²) in [5.41, 5.74) is 3.46. The molecular formula is C39H62F2N4OS. The molecule has 47 heavy (non-hydrogen) atoms. The second-order valence-electron chi connectivity index (χ2n) is 8.92. The van der Waals surface area contributed by atoms with E-state index >= 15 is 0 Å². The average Bonchev–Trinajstić information content (AvgIpc) is 3.09. The van der Waals surface area contributed by atoms with Gasteiger partial charge in [-0.1, -0.05) is 131 Å². The van der Waals surface area contributed by atoms with Crippen molar-refractivity contribution in [2.45, 2.75) is 95.9 Å². The summed E-state index contributed by atoms with van der Waals surface area (Å²) in [5.74, 6) is -0.706. The van der Waals surface area contributed by atoms with Crippen LogP contribution in [0.15, 0.2) is 89.0 Å². The molecule has 0 amide bonds. The molecule has 2 rings (SSSR count). The highest BCUT2D eigenvalue weighted by Crippen LogP contribution is 2.31. The van der Waals surface area contributed by atoms with Gasteiger partial charge in [0.1, 0.15) is 11.6 Å². The predicted molar refractivity (Wildman–Crippen MR) is 209 cm³/mol. The Morgan fingerprint density at radius 3 is 1.98 bits per heavy atom. The van der Waals surface area contributed by atoms with Gasteiger partial charge in [-0.05, 0) is 49.9 Å². The number of rotatable bonds is 14. The molecule has 0 heterocycles. The van der Waals surface area contributed by atoms with Crippen molar-refractivity contribution in [1.82, 2.24) is 10.6 Å². The van der Waals surface area contributed by atoms with Gasteiger partial charge < -0.3 is 20.7 Å². The minimum absolute atomic E-state index is 0.0239. The maximum Gasteiger partial charge on any atom is 0.227 e. The Labute approximate surface area is 290 Å². The molecule has 3 N–H and O–H groups in total. The van der Waals surface area contributed by atoms with E-state index in [2.05, 4.69) is 61.1 Å². The Balaban J connectivity index is -0.00000224. The molecule has 0 aromatic heterocycles. The van der Waals surface area contributed by atoms with Crippen molar-refractivity contribution in [2.75, 3.05) is 19.0 Å². The van der Waals surface area contributed by atoms with Gasteiger partial charge in [-0.25, -0.2) is 13.8 Å². The summed E-state index contributed by atoms with van der Waals surface area (Å²) in [4.78, 5) is 5.13. The zero-order chi connectivity index (χ0) is 37.1. The van der Waals surface area contributed by atoms with E-state index in [1.54, 1.807) is 0 Å².